The number of nitrogens with zero attached hydrogens (tertiary/aromatic N) is 4. The smallest absolute Gasteiger partial charge is 0.237 e. The van der Waals surface area contributed by atoms with Crippen molar-refractivity contribution >= 4 is 5.65 Å². The van der Waals surface area contributed by atoms with Crippen LogP contribution in [0.2, 0.25) is 0 Å². The normalized spacial score (nSPS) is 26.8. The Bertz CT molecular complexity index is 901. The highest BCUT2D eigenvalue weighted by Gasteiger charge is 2.50. The van der Waals surface area contributed by atoms with Gasteiger partial charge in [0.05, 0.1) is 18.2 Å². The SMILES string of the molecule is Cc1ccc2ncc(-c3noc([C@]45CNC[C@H]4CCOC5)n3)n2c1. The highest BCUT2D eigenvalue weighted by atomic mass is 16.5. The summed E-state index contributed by atoms with van der Waals surface area (Å²) in [5.41, 5.74) is 2.69. The van der Waals surface area contributed by atoms with Crippen molar-refractivity contribution in [2.24, 2.45) is 5.92 Å². The van der Waals surface area contributed by atoms with Crippen LogP contribution >= 0.6 is 0 Å². The summed E-state index contributed by atoms with van der Waals surface area (Å²) in [6.45, 7) is 5.31. The van der Waals surface area contributed by atoms with E-state index < -0.39 is 0 Å². The van der Waals surface area contributed by atoms with Gasteiger partial charge in [-0.25, -0.2) is 4.98 Å². The zero-order valence-corrected chi connectivity index (χ0v) is 13.5. The van der Waals surface area contributed by atoms with E-state index in [1.54, 1.807) is 6.20 Å². The number of rotatable bonds is 2. The second-order valence-corrected chi connectivity index (χ2v) is 6.83. The predicted molar refractivity (Wildman–Crippen MR) is 86.7 cm³/mol. The average Bonchev–Trinajstić information content (AvgIpc) is 3.31. The maximum absolute atomic E-state index is 5.74. The van der Waals surface area contributed by atoms with Crippen LogP contribution in [0, 0.1) is 12.8 Å². The summed E-state index contributed by atoms with van der Waals surface area (Å²) in [6.07, 6.45) is 4.86. The van der Waals surface area contributed by atoms with Crippen molar-refractivity contribution in [1.82, 2.24) is 24.8 Å². The fraction of sp³-hybridized carbons (Fsp3) is 0.471. The molecule has 0 amide bonds. The lowest BCUT2D eigenvalue weighted by Crippen LogP contribution is -2.44. The third-order valence-corrected chi connectivity index (χ3v) is 5.32. The minimum atomic E-state index is -0.195. The second kappa shape index (κ2) is 5.12. The molecule has 0 radical (unpaired) electrons. The molecule has 0 spiro atoms. The molecule has 0 saturated carbocycles. The number of imidazole rings is 1. The molecule has 0 aliphatic carbocycles. The molecule has 1 N–H and O–H groups in total. The van der Waals surface area contributed by atoms with Gasteiger partial charge in [0, 0.05) is 19.3 Å². The number of ether oxygens (including phenoxy) is 1. The van der Waals surface area contributed by atoms with Gasteiger partial charge in [-0.05, 0) is 37.4 Å². The number of hydrogen-bond donors (Lipinski definition) is 1. The van der Waals surface area contributed by atoms with Gasteiger partial charge in [-0.1, -0.05) is 11.2 Å². The van der Waals surface area contributed by atoms with Crippen LogP contribution in [-0.4, -0.2) is 45.8 Å². The standard InChI is InChI=1S/C17H19N5O2/c1-11-2-3-14-19-7-13(22(14)8-11)15-20-16(24-21-15)17-9-18-6-12(17)4-5-23-10-17/h2-3,7-8,12,18H,4-6,9-10H2,1H3/t12-,17+/m1/s1. The van der Waals surface area contributed by atoms with Crippen molar-refractivity contribution < 1.29 is 9.26 Å². The van der Waals surface area contributed by atoms with Gasteiger partial charge in [0.1, 0.15) is 11.3 Å². The molecule has 0 aromatic carbocycles. The van der Waals surface area contributed by atoms with E-state index in [-0.39, 0.29) is 5.41 Å². The Kier molecular flexibility index (Phi) is 3.01. The van der Waals surface area contributed by atoms with Gasteiger partial charge < -0.3 is 14.6 Å². The largest absolute Gasteiger partial charge is 0.380 e. The number of fused-ring (bicyclic) bond motifs is 2. The van der Waals surface area contributed by atoms with E-state index in [4.69, 9.17) is 14.2 Å². The molecule has 2 fully saturated rings. The topological polar surface area (TPSA) is 77.5 Å². The summed E-state index contributed by atoms with van der Waals surface area (Å²) < 4.78 is 13.4. The van der Waals surface area contributed by atoms with E-state index >= 15 is 0 Å². The quantitative estimate of drug-likeness (QED) is 0.771. The lowest BCUT2D eigenvalue weighted by atomic mass is 9.75. The highest BCUT2D eigenvalue weighted by molar-refractivity contribution is 5.57. The number of nitrogens with one attached hydrogen (secondary N) is 1. The Morgan fingerprint density at radius 3 is 3.29 bits per heavy atom. The number of hydrogen-bond acceptors (Lipinski definition) is 6. The first-order chi connectivity index (χ1) is 11.8. The summed E-state index contributed by atoms with van der Waals surface area (Å²) >= 11 is 0. The van der Waals surface area contributed by atoms with Crippen LogP contribution in [-0.2, 0) is 10.2 Å². The lowest BCUT2D eigenvalue weighted by Gasteiger charge is -2.34. The van der Waals surface area contributed by atoms with Crippen LogP contribution in [0.3, 0.4) is 0 Å². The van der Waals surface area contributed by atoms with Crippen molar-refractivity contribution in [1.29, 1.82) is 0 Å². The van der Waals surface area contributed by atoms with Crippen molar-refractivity contribution in [3.05, 3.63) is 36.0 Å². The van der Waals surface area contributed by atoms with Crippen LogP contribution in [0.15, 0.2) is 29.0 Å². The van der Waals surface area contributed by atoms with Crippen LogP contribution < -0.4 is 5.32 Å². The molecule has 3 aromatic heterocycles. The van der Waals surface area contributed by atoms with E-state index in [1.807, 2.05) is 22.7 Å². The summed E-state index contributed by atoms with van der Waals surface area (Å²) in [5.74, 6) is 1.74. The van der Waals surface area contributed by atoms with E-state index in [0.717, 1.165) is 43.0 Å². The summed E-state index contributed by atoms with van der Waals surface area (Å²) in [5, 5.41) is 7.70. The Morgan fingerprint density at radius 1 is 1.38 bits per heavy atom. The van der Waals surface area contributed by atoms with E-state index in [2.05, 4.69) is 22.4 Å². The van der Waals surface area contributed by atoms with Gasteiger partial charge in [0.25, 0.3) is 0 Å². The molecule has 7 nitrogen and oxygen atoms in total. The lowest BCUT2D eigenvalue weighted by molar-refractivity contribution is 0.00198. The third-order valence-electron chi connectivity index (χ3n) is 5.32. The zero-order chi connectivity index (χ0) is 16.1. The number of aryl methyl sites for hydroxylation is 1. The second-order valence-electron chi connectivity index (χ2n) is 6.83. The summed E-state index contributed by atoms with van der Waals surface area (Å²) in [7, 11) is 0. The molecule has 7 heteroatoms. The predicted octanol–water partition coefficient (Wildman–Crippen LogP) is 1.57. The molecule has 2 aliphatic heterocycles. The van der Waals surface area contributed by atoms with Gasteiger partial charge in [-0.15, -0.1) is 0 Å². The minimum Gasteiger partial charge on any atom is -0.380 e. The maximum atomic E-state index is 5.74. The minimum absolute atomic E-state index is 0.195. The number of pyridine rings is 1. The Hall–Kier alpha value is -2.25. The molecular formula is C17H19N5O2. The van der Waals surface area contributed by atoms with Gasteiger partial charge >= 0.3 is 0 Å². The number of aromatic nitrogens is 4. The first-order valence-corrected chi connectivity index (χ1v) is 8.33. The molecule has 124 valence electrons. The van der Waals surface area contributed by atoms with Crippen molar-refractivity contribution in [2.75, 3.05) is 26.3 Å². The molecule has 2 aliphatic rings. The van der Waals surface area contributed by atoms with E-state index in [0.29, 0.717) is 24.2 Å². The first-order valence-electron chi connectivity index (χ1n) is 8.33. The van der Waals surface area contributed by atoms with Gasteiger partial charge in [-0.2, -0.15) is 4.98 Å². The maximum Gasteiger partial charge on any atom is 0.237 e. The third kappa shape index (κ3) is 1.94. The van der Waals surface area contributed by atoms with Gasteiger partial charge in [0.2, 0.25) is 11.7 Å². The van der Waals surface area contributed by atoms with Gasteiger partial charge in [-0.3, -0.25) is 4.40 Å². The van der Waals surface area contributed by atoms with Crippen LogP contribution in [0.1, 0.15) is 17.9 Å². The Morgan fingerprint density at radius 2 is 2.33 bits per heavy atom. The molecule has 24 heavy (non-hydrogen) atoms. The van der Waals surface area contributed by atoms with Crippen molar-refractivity contribution in [3.63, 3.8) is 0 Å². The van der Waals surface area contributed by atoms with E-state index in [1.165, 1.54) is 0 Å². The molecule has 2 saturated heterocycles. The summed E-state index contributed by atoms with van der Waals surface area (Å²) in [6, 6.07) is 4.03. The first kappa shape index (κ1) is 14.1. The van der Waals surface area contributed by atoms with Gasteiger partial charge in [0.15, 0.2) is 0 Å². The molecule has 5 heterocycles. The highest BCUT2D eigenvalue weighted by Crippen LogP contribution is 2.40. The molecule has 2 atom stereocenters. The van der Waals surface area contributed by atoms with E-state index in [9.17, 15) is 0 Å². The Balaban J connectivity index is 1.58. The van der Waals surface area contributed by atoms with Crippen LogP contribution in [0.4, 0.5) is 0 Å². The van der Waals surface area contributed by atoms with Crippen molar-refractivity contribution in [3.8, 4) is 11.5 Å². The summed E-state index contributed by atoms with van der Waals surface area (Å²) in [4.78, 5) is 9.16. The fourth-order valence-corrected chi connectivity index (χ4v) is 3.93. The molecular weight excluding hydrogens is 306 g/mol. The average molecular weight is 325 g/mol. The fourth-order valence-electron chi connectivity index (χ4n) is 3.93. The monoisotopic (exact) mass is 325 g/mol. The van der Waals surface area contributed by atoms with Crippen molar-refractivity contribution in [2.45, 2.75) is 18.8 Å². The molecule has 0 unspecified atom stereocenters. The zero-order valence-electron chi connectivity index (χ0n) is 13.5. The molecule has 3 aromatic rings. The Labute approximate surface area is 139 Å². The van der Waals surface area contributed by atoms with Crippen LogP contribution in [0.25, 0.3) is 17.2 Å². The molecule has 5 rings (SSSR count). The molecule has 0 bridgehead atoms. The van der Waals surface area contributed by atoms with Crippen LogP contribution in [0.5, 0.6) is 0 Å².